The molecule has 102 valence electrons. The predicted molar refractivity (Wildman–Crippen MR) is 74.2 cm³/mol. The Hall–Kier alpha value is -0.800. The first-order valence-corrected chi connectivity index (χ1v) is 6.98. The monoisotopic (exact) mass is 250 g/mol. The highest BCUT2D eigenvalue weighted by Gasteiger charge is 2.35. The van der Waals surface area contributed by atoms with Crippen molar-refractivity contribution in [3.05, 3.63) is 24.2 Å². The number of hydrogen-bond donors (Lipinski definition) is 1. The molecule has 1 atom stereocenters. The molecule has 0 bridgehead atoms. The largest absolute Gasteiger partial charge is 0.468 e. The number of nitrogens with two attached hydrogens (primary N) is 1. The molecule has 1 aliphatic carbocycles. The van der Waals surface area contributed by atoms with E-state index >= 15 is 0 Å². The van der Waals surface area contributed by atoms with Crippen LogP contribution in [0.4, 0.5) is 0 Å². The summed E-state index contributed by atoms with van der Waals surface area (Å²) in [4.78, 5) is 2.55. The molecule has 1 heterocycles. The molecule has 0 aromatic carbocycles. The maximum atomic E-state index is 6.00. The fourth-order valence-electron chi connectivity index (χ4n) is 2.59. The quantitative estimate of drug-likeness (QED) is 0.844. The molecular weight excluding hydrogens is 224 g/mol. The fraction of sp³-hybridized carbons (Fsp3) is 0.733. The summed E-state index contributed by atoms with van der Waals surface area (Å²) in [5.74, 6) is 1.05. The van der Waals surface area contributed by atoms with Crippen LogP contribution in [-0.4, -0.2) is 23.5 Å². The molecule has 2 N–H and O–H groups in total. The highest BCUT2D eigenvalue weighted by Crippen LogP contribution is 2.33. The van der Waals surface area contributed by atoms with E-state index in [1.165, 1.54) is 12.8 Å². The Morgan fingerprint density at radius 3 is 2.61 bits per heavy atom. The van der Waals surface area contributed by atoms with E-state index in [4.69, 9.17) is 10.2 Å². The van der Waals surface area contributed by atoms with E-state index in [1.54, 1.807) is 6.26 Å². The molecule has 1 fully saturated rings. The van der Waals surface area contributed by atoms with E-state index in [1.807, 2.05) is 6.07 Å². The van der Waals surface area contributed by atoms with E-state index in [9.17, 15) is 0 Å². The second-order valence-corrected chi connectivity index (χ2v) is 6.64. The van der Waals surface area contributed by atoms with Crippen molar-refractivity contribution in [1.29, 1.82) is 0 Å². The molecule has 1 saturated carbocycles. The summed E-state index contributed by atoms with van der Waals surface area (Å²) in [7, 11) is 0. The smallest absolute Gasteiger partial charge is 0.117 e. The molecule has 2 rings (SSSR count). The highest BCUT2D eigenvalue weighted by molar-refractivity contribution is 5.01. The SMILES string of the molecule is CC(C)(C)CC(CN)N(Cc1ccco1)C1CC1. The first-order valence-electron chi connectivity index (χ1n) is 6.98. The van der Waals surface area contributed by atoms with Crippen molar-refractivity contribution in [1.82, 2.24) is 4.90 Å². The topological polar surface area (TPSA) is 42.4 Å². The van der Waals surface area contributed by atoms with E-state index in [0.717, 1.165) is 25.3 Å². The number of nitrogens with zero attached hydrogens (tertiary/aromatic N) is 1. The third-order valence-electron chi connectivity index (χ3n) is 3.52. The van der Waals surface area contributed by atoms with Crippen molar-refractivity contribution in [2.75, 3.05) is 6.54 Å². The average molecular weight is 250 g/mol. The summed E-state index contributed by atoms with van der Waals surface area (Å²) >= 11 is 0. The van der Waals surface area contributed by atoms with Crippen molar-refractivity contribution in [3.8, 4) is 0 Å². The Kier molecular flexibility index (Phi) is 4.13. The Labute approximate surface area is 110 Å². The maximum Gasteiger partial charge on any atom is 0.117 e. The minimum absolute atomic E-state index is 0.320. The van der Waals surface area contributed by atoms with Gasteiger partial charge in [0.15, 0.2) is 0 Å². The van der Waals surface area contributed by atoms with Gasteiger partial charge in [0.25, 0.3) is 0 Å². The zero-order chi connectivity index (χ0) is 13.2. The lowest BCUT2D eigenvalue weighted by Gasteiger charge is -2.34. The lowest BCUT2D eigenvalue weighted by atomic mass is 9.87. The van der Waals surface area contributed by atoms with Gasteiger partial charge in [-0.3, -0.25) is 4.90 Å². The van der Waals surface area contributed by atoms with Crippen LogP contribution in [0.15, 0.2) is 22.8 Å². The molecule has 0 radical (unpaired) electrons. The van der Waals surface area contributed by atoms with Crippen LogP contribution in [0.2, 0.25) is 0 Å². The minimum Gasteiger partial charge on any atom is -0.468 e. The lowest BCUT2D eigenvalue weighted by Crippen LogP contribution is -2.43. The molecule has 0 spiro atoms. The second-order valence-electron chi connectivity index (χ2n) is 6.64. The zero-order valence-corrected chi connectivity index (χ0v) is 11.9. The van der Waals surface area contributed by atoms with Crippen LogP contribution in [-0.2, 0) is 6.54 Å². The molecule has 1 aromatic rings. The van der Waals surface area contributed by atoms with Crippen LogP contribution in [0.25, 0.3) is 0 Å². The third-order valence-corrected chi connectivity index (χ3v) is 3.52. The summed E-state index contributed by atoms with van der Waals surface area (Å²) in [6, 6.07) is 5.19. The van der Waals surface area contributed by atoms with Gasteiger partial charge in [0.2, 0.25) is 0 Å². The molecule has 0 amide bonds. The van der Waals surface area contributed by atoms with Crippen molar-refractivity contribution in [2.24, 2.45) is 11.1 Å². The molecule has 0 saturated heterocycles. The normalized spacial score (nSPS) is 18.3. The number of hydrogen-bond acceptors (Lipinski definition) is 3. The van der Waals surface area contributed by atoms with Gasteiger partial charge < -0.3 is 10.2 Å². The standard InChI is InChI=1S/C15H26N2O/c1-15(2,3)9-13(10-16)17(12-6-7-12)11-14-5-4-8-18-14/h4-5,8,12-13H,6-7,9-11,16H2,1-3H3. The number of furan rings is 1. The molecule has 1 aliphatic rings. The second kappa shape index (κ2) is 5.45. The Morgan fingerprint density at radius 1 is 1.44 bits per heavy atom. The number of rotatable bonds is 6. The van der Waals surface area contributed by atoms with Crippen LogP contribution < -0.4 is 5.73 Å². The van der Waals surface area contributed by atoms with Crippen molar-refractivity contribution < 1.29 is 4.42 Å². The Bertz CT molecular complexity index is 349. The molecule has 1 unspecified atom stereocenters. The van der Waals surface area contributed by atoms with Crippen LogP contribution in [0, 0.1) is 5.41 Å². The first-order chi connectivity index (χ1) is 8.49. The van der Waals surface area contributed by atoms with Crippen LogP contribution in [0.1, 0.15) is 45.8 Å². The third kappa shape index (κ3) is 3.85. The van der Waals surface area contributed by atoms with Crippen LogP contribution >= 0.6 is 0 Å². The molecule has 1 aromatic heterocycles. The van der Waals surface area contributed by atoms with Crippen molar-refractivity contribution in [2.45, 2.75) is 58.7 Å². The predicted octanol–water partition coefficient (Wildman–Crippen LogP) is 3.01. The Balaban J connectivity index is 2.03. The van der Waals surface area contributed by atoms with Gasteiger partial charge in [-0.1, -0.05) is 20.8 Å². The van der Waals surface area contributed by atoms with Gasteiger partial charge >= 0.3 is 0 Å². The van der Waals surface area contributed by atoms with Crippen molar-refractivity contribution >= 4 is 0 Å². The van der Waals surface area contributed by atoms with Crippen LogP contribution in [0.5, 0.6) is 0 Å². The first kappa shape index (κ1) is 13.6. The molecule has 3 nitrogen and oxygen atoms in total. The van der Waals surface area contributed by atoms with Gasteiger partial charge in [0.1, 0.15) is 5.76 Å². The zero-order valence-electron chi connectivity index (χ0n) is 11.9. The highest BCUT2D eigenvalue weighted by atomic mass is 16.3. The van der Waals surface area contributed by atoms with E-state index < -0.39 is 0 Å². The summed E-state index contributed by atoms with van der Waals surface area (Å²) in [6.45, 7) is 8.49. The minimum atomic E-state index is 0.320. The van der Waals surface area contributed by atoms with E-state index in [-0.39, 0.29) is 0 Å². The summed E-state index contributed by atoms with van der Waals surface area (Å²) < 4.78 is 5.48. The molecule has 18 heavy (non-hydrogen) atoms. The van der Waals surface area contributed by atoms with Gasteiger partial charge in [-0.2, -0.15) is 0 Å². The summed E-state index contributed by atoms with van der Waals surface area (Å²) in [6.07, 6.45) is 5.50. The van der Waals surface area contributed by atoms with Crippen LogP contribution in [0.3, 0.4) is 0 Å². The average Bonchev–Trinajstić information content (AvgIpc) is 3.00. The van der Waals surface area contributed by atoms with Gasteiger partial charge in [0, 0.05) is 18.6 Å². The molecule has 3 heteroatoms. The fourth-order valence-corrected chi connectivity index (χ4v) is 2.59. The summed E-state index contributed by atoms with van der Waals surface area (Å²) in [5.41, 5.74) is 6.32. The van der Waals surface area contributed by atoms with Gasteiger partial charge in [-0.25, -0.2) is 0 Å². The van der Waals surface area contributed by atoms with Gasteiger partial charge in [-0.15, -0.1) is 0 Å². The van der Waals surface area contributed by atoms with Crippen molar-refractivity contribution in [3.63, 3.8) is 0 Å². The van der Waals surface area contributed by atoms with E-state index in [2.05, 4.69) is 31.7 Å². The Morgan fingerprint density at radius 2 is 2.17 bits per heavy atom. The van der Waals surface area contributed by atoms with Gasteiger partial charge in [-0.05, 0) is 36.8 Å². The van der Waals surface area contributed by atoms with Gasteiger partial charge in [0.05, 0.1) is 12.8 Å². The lowest BCUT2D eigenvalue weighted by molar-refractivity contribution is 0.128. The summed E-state index contributed by atoms with van der Waals surface area (Å²) in [5, 5.41) is 0. The molecular formula is C15H26N2O. The molecule has 0 aliphatic heterocycles. The maximum absolute atomic E-state index is 6.00. The van der Waals surface area contributed by atoms with E-state index in [0.29, 0.717) is 17.5 Å².